The van der Waals surface area contributed by atoms with Crippen molar-refractivity contribution < 1.29 is 51.3 Å². The van der Waals surface area contributed by atoms with E-state index in [0.717, 1.165) is 31.2 Å². The predicted molar refractivity (Wildman–Crippen MR) is 221 cm³/mol. The molecule has 0 radical (unpaired) electrons. The second kappa shape index (κ2) is 17.2. The van der Waals surface area contributed by atoms with Crippen LogP contribution < -0.4 is 34.3 Å². The third-order valence-electron chi connectivity index (χ3n) is 11.4. The molecule has 4 amide bonds. The number of fused-ring (bicyclic) bond motifs is 2. The highest BCUT2D eigenvalue weighted by Crippen LogP contribution is 2.45. The summed E-state index contributed by atoms with van der Waals surface area (Å²) in [6.07, 6.45) is 3.27. The van der Waals surface area contributed by atoms with Crippen molar-refractivity contribution in [2.24, 2.45) is 17.8 Å². The van der Waals surface area contributed by atoms with Crippen LogP contribution in [0, 0.1) is 17.8 Å². The zero-order valence-corrected chi connectivity index (χ0v) is 35.3. The molecule has 2 unspecified atom stereocenters. The molecule has 0 bridgehead atoms. The van der Waals surface area contributed by atoms with E-state index in [-0.39, 0.29) is 44.0 Å². The van der Waals surface area contributed by atoms with E-state index < -0.39 is 69.4 Å². The van der Waals surface area contributed by atoms with Crippen molar-refractivity contribution in [3.63, 3.8) is 0 Å². The molecule has 3 heterocycles. The minimum absolute atomic E-state index is 0.00363. The lowest BCUT2D eigenvalue weighted by atomic mass is 10.0. The van der Waals surface area contributed by atoms with E-state index in [1.807, 2.05) is 18.2 Å². The normalized spacial score (nSPS) is 22.7. The maximum atomic E-state index is 14.6. The Kier molecular flexibility index (Phi) is 12.2. The van der Waals surface area contributed by atoms with Crippen LogP contribution in [0.5, 0.6) is 23.0 Å². The number of ether oxygens (including phenoxy) is 5. The Bertz CT molecular complexity index is 2280. The lowest BCUT2D eigenvalue weighted by molar-refractivity contribution is -0.141. The number of aromatic nitrogens is 1. The minimum atomic E-state index is -4.02. The van der Waals surface area contributed by atoms with Gasteiger partial charge in [-0.15, -0.1) is 6.58 Å². The summed E-state index contributed by atoms with van der Waals surface area (Å²) < 4.78 is 56.8. The molecular weight excluding hydrogens is 795 g/mol. The molecule has 4 aliphatic rings. The number of alkyl carbamates (subject to hydrolysis) is 1. The number of amides is 4. The molecule has 3 aromatic rings. The molecule has 17 heteroatoms. The van der Waals surface area contributed by atoms with Crippen molar-refractivity contribution in [2.45, 2.75) is 96.1 Å². The van der Waals surface area contributed by atoms with Gasteiger partial charge in [0.25, 0.3) is 5.91 Å². The third-order valence-corrected chi connectivity index (χ3v) is 13.0. The summed E-state index contributed by atoms with van der Waals surface area (Å²) in [5.41, 5.74) is 0.245. The first-order valence-corrected chi connectivity index (χ1v) is 22.1. The summed E-state index contributed by atoms with van der Waals surface area (Å²) >= 11 is 0. The summed E-state index contributed by atoms with van der Waals surface area (Å²) in [5, 5.41) is 6.21. The molecule has 322 valence electrons. The highest BCUT2D eigenvalue weighted by atomic mass is 32.2. The standard InChI is InChI=1S/C43H53N5O11S/c1-7-27-20-43(27,41(51)47-60(53,54)22-24(2)3)46-39(49)34-18-30(21-48(34)40(50)38(25(4)5)45-42(52)59-28-10-8-9-11-28)58-36-19-32(26-12-15-35-37(16-26)57-23-56-35)44-33-17-29(55-6)13-14-31(33)36/h7,12-17,19,24-25,27-28,30,34,38H,1,8-11,18,20-23H2,2-6H3,(H,45,52)(H,46,49)(H,47,51)/t27?,30-,34+,38+,43?/m1/s1. The molecule has 1 saturated heterocycles. The van der Waals surface area contributed by atoms with Crippen LogP contribution in [0.15, 0.2) is 55.1 Å². The Morgan fingerprint density at radius 2 is 1.77 bits per heavy atom. The van der Waals surface area contributed by atoms with Crippen LogP contribution >= 0.6 is 0 Å². The molecule has 2 aromatic carbocycles. The van der Waals surface area contributed by atoms with Gasteiger partial charge in [0, 0.05) is 35.4 Å². The van der Waals surface area contributed by atoms with Crippen LogP contribution in [0.4, 0.5) is 4.79 Å². The second-order valence-corrected chi connectivity index (χ2v) is 18.5. The van der Waals surface area contributed by atoms with Gasteiger partial charge in [0.05, 0.1) is 30.6 Å². The smallest absolute Gasteiger partial charge is 0.408 e. The number of carbonyl (C=O) groups is 4. The van der Waals surface area contributed by atoms with Crippen LogP contribution in [0.3, 0.4) is 0 Å². The first-order chi connectivity index (χ1) is 28.6. The van der Waals surface area contributed by atoms with Gasteiger partial charge in [-0.2, -0.15) is 0 Å². The van der Waals surface area contributed by atoms with E-state index in [2.05, 4.69) is 21.9 Å². The van der Waals surface area contributed by atoms with Crippen molar-refractivity contribution in [1.82, 2.24) is 25.2 Å². The number of sulfonamides is 1. The number of rotatable bonds is 15. The molecule has 5 atom stereocenters. The summed E-state index contributed by atoms with van der Waals surface area (Å²) in [6.45, 7) is 10.8. The molecular formula is C43H53N5O11S. The Morgan fingerprint density at radius 1 is 1.02 bits per heavy atom. The summed E-state index contributed by atoms with van der Waals surface area (Å²) in [4.78, 5) is 62.1. The maximum Gasteiger partial charge on any atom is 0.408 e. The van der Waals surface area contributed by atoms with Gasteiger partial charge in [0.1, 0.15) is 41.3 Å². The number of nitrogens with zero attached hydrogens (tertiary/aromatic N) is 2. The van der Waals surface area contributed by atoms with Gasteiger partial charge in [-0.25, -0.2) is 18.2 Å². The average molecular weight is 848 g/mol. The van der Waals surface area contributed by atoms with E-state index in [1.165, 1.54) is 11.0 Å². The molecule has 0 spiro atoms. The second-order valence-electron chi connectivity index (χ2n) is 16.7. The summed E-state index contributed by atoms with van der Waals surface area (Å²) in [6, 6.07) is 10.4. The van der Waals surface area contributed by atoms with Gasteiger partial charge < -0.3 is 39.2 Å². The van der Waals surface area contributed by atoms with Crippen molar-refractivity contribution in [3.8, 4) is 34.3 Å². The molecule has 60 heavy (non-hydrogen) atoms. The fourth-order valence-corrected chi connectivity index (χ4v) is 9.65. The number of methoxy groups -OCH3 is 1. The Balaban J connectivity index is 1.20. The molecule has 2 aliphatic heterocycles. The van der Waals surface area contributed by atoms with E-state index in [9.17, 15) is 27.6 Å². The number of hydrogen-bond acceptors (Lipinski definition) is 12. The molecule has 16 nitrogen and oxygen atoms in total. The van der Waals surface area contributed by atoms with Crippen molar-refractivity contribution >= 4 is 44.7 Å². The van der Waals surface area contributed by atoms with Crippen molar-refractivity contribution in [1.29, 1.82) is 0 Å². The van der Waals surface area contributed by atoms with Gasteiger partial charge in [0.15, 0.2) is 11.5 Å². The zero-order chi connectivity index (χ0) is 42.9. The lowest BCUT2D eigenvalue weighted by Gasteiger charge is -2.31. The summed E-state index contributed by atoms with van der Waals surface area (Å²) in [7, 11) is -2.46. The number of nitrogens with one attached hydrogen (secondary N) is 3. The number of likely N-dealkylation sites (tertiary alicyclic amines) is 1. The topological polar surface area (TPSA) is 201 Å². The van der Waals surface area contributed by atoms with Crippen LogP contribution in [-0.4, -0.2) is 98.1 Å². The van der Waals surface area contributed by atoms with Gasteiger partial charge >= 0.3 is 6.09 Å². The van der Waals surface area contributed by atoms with Crippen LogP contribution in [0.2, 0.25) is 0 Å². The van der Waals surface area contributed by atoms with Gasteiger partial charge in [-0.3, -0.25) is 19.1 Å². The van der Waals surface area contributed by atoms with Crippen molar-refractivity contribution in [2.75, 3.05) is 26.2 Å². The Morgan fingerprint density at radius 3 is 2.45 bits per heavy atom. The number of hydrogen-bond donors (Lipinski definition) is 3. The first-order valence-electron chi connectivity index (χ1n) is 20.4. The van der Waals surface area contributed by atoms with Gasteiger partial charge in [0.2, 0.25) is 28.6 Å². The molecule has 1 aromatic heterocycles. The highest BCUT2D eigenvalue weighted by molar-refractivity contribution is 7.90. The van der Waals surface area contributed by atoms with Crippen LogP contribution in [0.1, 0.15) is 66.2 Å². The summed E-state index contributed by atoms with van der Waals surface area (Å²) in [5.74, 6) is -1.43. The monoisotopic (exact) mass is 847 g/mol. The molecule has 2 saturated carbocycles. The first kappa shape index (κ1) is 42.5. The third kappa shape index (κ3) is 9.10. The number of pyridine rings is 1. The van der Waals surface area contributed by atoms with E-state index in [4.69, 9.17) is 28.7 Å². The predicted octanol–water partition coefficient (Wildman–Crippen LogP) is 4.84. The van der Waals surface area contributed by atoms with Gasteiger partial charge in [-0.05, 0) is 74.3 Å². The van der Waals surface area contributed by atoms with E-state index >= 15 is 0 Å². The number of benzene rings is 2. The average Bonchev–Trinajstić information content (AvgIpc) is 3.62. The molecule has 3 fully saturated rings. The number of carbonyl (C=O) groups excluding carboxylic acids is 4. The van der Waals surface area contributed by atoms with Crippen LogP contribution in [0.25, 0.3) is 22.2 Å². The highest BCUT2D eigenvalue weighted by Gasteiger charge is 2.61. The van der Waals surface area contributed by atoms with E-state index in [0.29, 0.717) is 39.6 Å². The zero-order valence-electron chi connectivity index (χ0n) is 34.5. The maximum absolute atomic E-state index is 14.6. The quantitative estimate of drug-likeness (QED) is 0.176. The van der Waals surface area contributed by atoms with Gasteiger partial charge in [-0.1, -0.05) is 33.8 Å². The fourth-order valence-electron chi connectivity index (χ4n) is 8.22. The Labute approximate surface area is 349 Å². The minimum Gasteiger partial charge on any atom is -0.497 e. The molecule has 3 N–H and O–H groups in total. The largest absolute Gasteiger partial charge is 0.497 e. The molecule has 2 aliphatic carbocycles. The van der Waals surface area contributed by atoms with Crippen LogP contribution in [-0.2, 0) is 29.1 Å². The molecule has 7 rings (SSSR count). The van der Waals surface area contributed by atoms with E-state index in [1.54, 1.807) is 59.1 Å². The fraction of sp³-hybridized carbons (Fsp3) is 0.512. The Hall–Kier alpha value is -5.58. The van der Waals surface area contributed by atoms with Crippen molar-refractivity contribution in [3.05, 3.63) is 55.1 Å². The SMILES string of the molecule is C=CC1CC1(NC(=O)[C@@H]1C[C@@H](Oc2cc(-c3ccc4c(c3)OCO4)nc3cc(OC)ccc23)CN1C(=O)[C@@H](NC(=O)OC1CCCC1)C(C)C)C(=O)NS(=O)(=O)CC(C)C. The lowest BCUT2D eigenvalue weighted by Crippen LogP contribution is -2.59.